The van der Waals surface area contributed by atoms with Crippen molar-refractivity contribution in [2.24, 2.45) is 0 Å². The third-order valence-electron chi connectivity index (χ3n) is 3.66. The third-order valence-corrected chi connectivity index (χ3v) is 8.85. The number of aldehydes is 1. The molecule has 0 aromatic heterocycles. The summed E-state index contributed by atoms with van der Waals surface area (Å²) < 4.78 is 7.25. The van der Waals surface area contributed by atoms with E-state index in [-0.39, 0.29) is 5.04 Å². The van der Waals surface area contributed by atoms with Crippen molar-refractivity contribution in [1.82, 2.24) is 0 Å². The summed E-state index contributed by atoms with van der Waals surface area (Å²) >= 11 is 3.49. The predicted molar refractivity (Wildman–Crippen MR) is 82.1 cm³/mol. The molecule has 0 fully saturated rings. The number of hydrogen-bond acceptors (Lipinski definition) is 2. The van der Waals surface area contributed by atoms with E-state index in [1.165, 1.54) is 0 Å². The smallest absolute Gasteiger partial charge is 0.250 e. The van der Waals surface area contributed by atoms with Crippen molar-refractivity contribution < 1.29 is 9.22 Å². The van der Waals surface area contributed by atoms with Crippen LogP contribution in [0.1, 0.15) is 36.7 Å². The quantitative estimate of drug-likeness (QED) is 0.579. The molecule has 0 aliphatic heterocycles. The molecule has 0 bridgehead atoms. The van der Waals surface area contributed by atoms with Crippen LogP contribution in [0.2, 0.25) is 18.1 Å². The van der Waals surface area contributed by atoms with Gasteiger partial charge in [-0.05, 0) is 37.2 Å². The summed E-state index contributed by atoms with van der Waals surface area (Å²) in [5.41, 5.74) is 1.62. The molecular weight excluding hydrogens is 308 g/mol. The van der Waals surface area contributed by atoms with Gasteiger partial charge in [-0.25, -0.2) is 0 Å². The standard InChI is InChI=1S/C14H21BrO2Si/c1-10-12(15)8-7-11(9-16)13(10)17-18(5,6)14(2,3)4/h7-9H,1-6H3. The number of hydrogen-bond donors (Lipinski definition) is 0. The number of benzene rings is 1. The first-order valence-corrected chi connectivity index (χ1v) is 9.73. The number of halogens is 1. The highest BCUT2D eigenvalue weighted by Gasteiger charge is 2.39. The first kappa shape index (κ1) is 15.4. The molecule has 0 unspecified atom stereocenters. The molecule has 2 nitrogen and oxygen atoms in total. The minimum absolute atomic E-state index is 0.113. The normalized spacial score (nSPS) is 12.4. The van der Waals surface area contributed by atoms with Crippen molar-refractivity contribution in [2.45, 2.75) is 45.8 Å². The Morgan fingerprint density at radius 1 is 1.28 bits per heavy atom. The van der Waals surface area contributed by atoms with Gasteiger partial charge in [-0.2, -0.15) is 0 Å². The monoisotopic (exact) mass is 328 g/mol. The van der Waals surface area contributed by atoms with E-state index in [9.17, 15) is 4.79 Å². The van der Waals surface area contributed by atoms with Crippen molar-refractivity contribution in [3.05, 3.63) is 27.7 Å². The van der Waals surface area contributed by atoms with Crippen molar-refractivity contribution in [1.29, 1.82) is 0 Å². The van der Waals surface area contributed by atoms with Crippen LogP contribution in [0.3, 0.4) is 0 Å². The lowest BCUT2D eigenvalue weighted by molar-refractivity contribution is 0.112. The van der Waals surface area contributed by atoms with Crippen LogP contribution in [-0.2, 0) is 0 Å². The zero-order valence-electron chi connectivity index (χ0n) is 11.9. The average Bonchev–Trinajstić information content (AvgIpc) is 2.23. The lowest BCUT2D eigenvalue weighted by atomic mass is 10.1. The zero-order chi connectivity index (χ0) is 14.1. The summed E-state index contributed by atoms with van der Waals surface area (Å²) in [6, 6.07) is 3.68. The van der Waals surface area contributed by atoms with Gasteiger partial charge in [0.05, 0.1) is 5.56 Å². The van der Waals surface area contributed by atoms with Crippen LogP contribution in [0, 0.1) is 6.92 Å². The van der Waals surface area contributed by atoms with Crippen LogP contribution >= 0.6 is 15.9 Å². The van der Waals surface area contributed by atoms with Crippen LogP contribution in [0.5, 0.6) is 5.75 Å². The van der Waals surface area contributed by atoms with Gasteiger partial charge in [0.2, 0.25) is 0 Å². The van der Waals surface area contributed by atoms with Gasteiger partial charge in [0.15, 0.2) is 6.29 Å². The topological polar surface area (TPSA) is 26.3 Å². The molecule has 0 radical (unpaired) electrons. The van der Waals surface area contributed by atoms with Gasteiger partial charge in [-0.3, -0.25) is 4.79 Å². The van der Waals surface area contributed by atoms with Crippen LogP contribution in [-0.4, -0.2) is 14.6 Å². The minimum atomic E-state index is -1.93. The second kappa shape index (κ2) is 5.17. The summed E-state index contributed by atoms with van der Waals surface area (Å²) in [6.45, 7) is 12.9. The van der Waals surface area contributed by atoms with Gasteiger partial charge < -0.3 is 4.43 Å². The highest BCUT2D eigenvalue weighted by Crippen LogP contribution is 2.40. The molecule has 0 aliphatic rings. The Labute approximate surface area is 119 Å². The SMILES string of the molecule is Cc1c(Br)ccc(C=O)c1O[Si](C)(C)C(C)(C)C. The van der Waals surface area contributed by atoms with E-state index in [0.717, 1.165) is 22.1 Å². The largest absolute Gasteiger partial charge is 0.543 e. The van der Waals surface area contributed by atoms with E-state index >= 15 is 0 Å². The second-order valence-electron chi connectivity index (χ2n) is 6.07. The minimum Gasteiger partial charge on any atom is -0.543 e. The van der Waals surface area contributed by atoms with Crippen LogP contribution in [0.15, 0.2) is 16.6 Å². The summed E-state index contributed by atoms with van der Waals surface area (Å²) in [7, 11) is -1.93. The van der Waals surface area contributed by atoms with Gasteiger partial charge in [0.25, 0.3) is 8.32 Å². The molecule has 1 aromatic carbocycles. The van der Waals surface area contributed by atoms with Gasteiger partial charge in [0, 0.05) is 10.0 Å². The molecule has 4 heteroatoms. The lowest BCUT2D eigenvalue weighted by Gasteiger charge is -2.37. The Hall–Kier alpha value is -0.613. The maximum Gasteiger partial charge on any atom is 0.250 e. The maximum absolute atomic E-state index is 11.1. The van der Waals surface area contributed by atoms with Crippen molar-refractivity contribution >= 4 is 30.5 Å². The number of carbonyl (C=O) groups excluding carboxylic acids is 1. The van der Waals surface area contributed by atoms with Gasteiger partial charge >= 0.3 is 0 Å². The Morgan fingerprint density at radius 3 is 2.28 bits per heavy atom. The first-order chi connectivity index (χ1) is 8.10. The number of rotatable bonds is 3. The fourth-order valence-corrected chi connectivity index (χ4v) is 2.72. The summed E-state index contributed by atoms with van der Waals surface area (Å²) in [4.78, 5) is 11.1. The van der Waals surface area contributed by atoms with Crippen molar-refractivity contribution in [2.75, 3.05) is 0 Å². The van der Waals surface area contributed by atoms with Crippen molar-refractivity contribution in [3.8, 4) is 5.75 Å². The third kappa shape index (κ3) is 3.04. The molecule has 0 spiro atoms. The summed E-state index contributed by atoms with van der Waals surface area (Å²) in [5, 5.41) is 0.113. The molecule has 18 heavy (non-hydrogen) atoms. The van der Waals surface area contributed by atoms with Crippen LogP contribution < -0.4 is 4.43 Å². The molecule has 100 valence electrons. The molecule has 1 rings (SSSR count). The highest BCUT2D eigenvalue weighted by atomic mass is 79.9. The fraction of sp³-hybridized carbons (Fsp3) is 0.500. The zero-order valence-corrected chi connectivity index (χ0v) is 14.5. The van der Waals surface area contributed by atoms with Crippen molar-refractivity contribution in [3.63, 3.8) is 0 Å². The Kier molecular flexibility index (Phi) is 4.44. The van der Waals surface area contributed by atoms with Gasteiger partial charge in [0.1, 0.15) is 5.75 Å². The molecular formula is C14H21BrO2Si. The molecule has 0 N–H and O–H groups in total. The van der Waals surface area contributed by atoms with E-state index in [1.54, 1.807) is 6.07 Å². The maximum atomic E-state index is 11.1. The van der Waals surface area contributed by atoms with E-state index in [0.29, 0.717) is 5.56 Å². The Bertz CT molecular complexity index is 462. The molecule has 0 saturated heterocycles. The van der Waals surface area contributed by atoms with E-state index in [2.05, 4.69) is 49.8 Å². The number of carbonyl (C=O) groups is 1. The Balaban J connectivity index is 3.26. The van der Waals surface area contributed by atoms with E-state index in [4.69, 9.17) is 4.43 Å². The molecule has 0 saturated carbocycles. The lowest BCUT2D eigenvalue weighted by Crippen LogP contribution is -2.44. The fourth-order valence-electron chi connectivity index (χ4n) is 1.33. The van der Waals surface area contributed by atoms with Crippen LogP contribution in [0.4, 0.5) is 0 Å². The van der Waals surface area contributed by atoms with E-state index < -0.39 is 8.32 Å². The Morgan fingerprint density at radius 2 is 1.83 bits per heavy atom. The summed E-state index contributed by atoms with van der Waals surface area (Å²) in [6.07, 6.45) is 0.863. The summed E-state index contributed by atoms with van der Waals surface area (Å²) in [5.74, 6) is 0.728. The van der Waals surface area contributed by atoms with E-state index in [1.807, 2.05) is 13.0 Å². The second-order valence-corrected chi connectivity index (χ2v) is 11.7. The molecule has 1 aromatic rings. The highest BCUT2D eigenvalue weighted by molar-refractivity contribution is 9.10. The predicted octanol–water partition coefficient (Wildman–Crippen LogP) is 4.95. The molecule has 0 amide bonds. The average molecular weight is 329 g/mol. The first-order valence-electron chi connectivity index (χ1n) is 6.03. The molecule has 0 atom stereocenters. The molecule has 0 heterocycles. The van der Waals surface area contributed by atoms with Gasteiger partial charge in [-0.15, -0.1) is 0 Å². The van der Waals surface area contributed by atoms with Crippen LogP contribution in [0.25, 0.3) is 0 Å². The van der Waals surface area contributed by atoms with Gasteiger partial charge in [-0.1, -0.05) is 36.7 Å². The molecule has 0 aliphatic carbocycles.